The van der Waals surface area contributed by atoms with Gasteiger partial charge in [0, 0.05) is 36.8 Å². The summed E-state index contributed by atoms with van der Waals surface area (Å²) in [6.45, 7) is 3.25. The molecule has 1 saturated heterocycles. The molecule has 2 N–H and O–H groups in total. The first kappa shape index (κ1) is 20.1. The highest BCUT2D eigenvalue weighted by Gasteiger charge is 2.43. The number of pyridine rings is 1. The highest BCUT2D eigenvalue weighted by Crippen LogP contribution is 2.41. The predicted molar refractivity (Wildman–Crippen MR) is 112 cm³/mol. The molecule has 0 unspecified atom stereocenters. The molecule has 1 saturated carbocycles. The fourth-order valence-electron chi connectivity index (χ4n) is 4.28. The molecule has 0 atom stereocenters. The number of aromatic nitrogens is 1. The maximum absolute atomic E-state index is 13.4. The van der Waals surface area contributed by atoms with Crippen LogP contribution in [-0.2, 0) is 10.0 Å². The zero-order chi connectivity index (χ0) is 20.5. The SMILES string of the molecule is CCNC(=O)NC1(CC2CC2)CCN(S(=O)(=O)c2cccc3cccnc23)CC1. The van der Waals surface area contributed by atoms with Crippen molar-refractivity contribution in [1.29, 1.82) is 0 Å². The number of carbonyl (C=O) groups is 1. The molecule has 29 heavy (non-hydrogen) atoms. The Labute approximate surface area is 171 Å². The summed E-state index contributed by atoms with van der Waals surface area (Å²) in [5.41, 5.74) is 0.175. The Morgan fingerprint density at radius 1 is 1.21 bits per heavy atom. The molecular formula is C21H28N4O3S. The number of piperidine rings is 1. The number of nitrogens with one attached hydrogen (secondary N) is 2. The van der Waals surface area contributed by atoms with Gasteiger partial charge in [0.05, 0.1) is 5.52 Å². The van der Waals surface area contributed by atoms with Crippen LogP contribution in [0, 0.1) is 5.92 Å². The highest BCUT2D eigenvalue weighted by molar-refractivity contribution is 7.89. The number of hydrogen-bond donors (Lipinski definition) is 2. The summed E-state index contributed by atoms with van der Waals surface area (Å²) in [6, 6.07) is 8.77. The monoisotopic (exact) mass is 416 g/mol. The molecule has 0 spiro atoms. The minimum Gasteiger partial charge on any atom is -0.338 e. The summed E-state index contributed by atoms with van der Waals surface area (Å²) in [4.78, 5) is 16.8. The lowest BCUT2D eigenvalue weighted by molar-refractivity contribution is 0.170. The molecule has 2 aromatic rings. The zero-order valence-corrected chi connectivity index (χ0v) is 17.5. The predicted octanol–water partition coefficient (Wildman–Crippen LogP) is 2.88. The molecule has 8 heteroatoms. The van der Waals surface area contributed by atoms with Crippen molar-refractivity contribution in [3.05, 3.63) is 36.5 Å². The van der Waals surface area contributed by atoms with Crippen LogP contribution >= 0.6 is 0 Å². The minimum atomic E-state index is -3.65. The van der Waals surface area contributed by atoms with Gasteiger partial charge in [-0.15, -0.1) is 0 Å². The third-order valence-corrected chi connectivity index (χ3v) is 7.92. The van der Waals surface area contributed by atoms with E-state index in [9.17, 15) is 13.2 Å². The van der Waals surface area contributed by atoms with Crippen LogP contribution in [-0.4, -0.2) is 48.9 Å². The van der Waals surface area contributed by atoms with Crippen LogP contribution in [0.3, 0.4) is 0 Å². The Hall–Kier alpha value is -2.19. The lowest BCUT2D eigenvalue weighted by Crippen LogP contribution is -2.58. The smallest absolute Gasteiger partial charge is 0.315 e. The average Bonchev–Trinajstić information content (AvgIpc) is 3.51. The van der Waals surface area contributed by atoms with Crippen molar-refractivity contribution < 1.29 is 13.2 Å². The third kappa shape index (κ3) is 4.23. The van der Waals surface area contributed by atoms with Crippen LogP contribution in [0.15, 0.2) is 41.4 Å². The number of sulfonamides is 1. The van der Waals surface area contributed by atoms with Gasteiger partial charge >= 0.3 is 6.03 Å². The Kier molecular flexibility index (Phi) is 5.48. The van der Waals surface area contributed by atoms with Gasteiger partial charge < -0.3 is 10.6 Å². The van der Waals surface area contributed by atoms with E-state index < -0.39 is 10.0 Å². The van der Waals surface area contributed by atoms with Crippen LogP contribution in [0.2, 0.25) is 0 Å². The van der Waals surface area contributed by atoms with E-state index in [0.29, 0.717) is 43.9 Å². The van der Waals surface area contributed by atoms with Crippen LogP contribution < -0.4 is 10.6 Å². The van der Waals surface area contributed by atoms with Crippen molar-refractivity contribution in [3.8, 4) is 0 Å². The van der Waals surface area contributed by atoms with E-state index in [4.69, 9.17) is 0 Å². The van der Waals surface area contributed by atoms with E-state index in [1.54, 1.807) is 28.7 Å². The summed E-state index contributed by atoms with van der Waals surface area (Å²) in [5.74, 6) is 0.641. The second-order valence-electron chi connectivity index (χ2n) is 8.15. The second kappa shape index (κ2) is 7.91. The standard InChI is InChI=1S/C21H28N4O3S/c1-2-22-20(26)24-21(15-16-8-9-16)10-13-25(14-11-21)29(27,28)18-7-3-5-17-6-4-12-23-19(17)18/h3-7,12,16H,2,8-11,13-15H2,1H3,(H2,22,24,26). The summed E-state index contributed by atoms with van der Waals surface area (Å²) in [7, 11) is -3.65. The molecule has 1 aromatic carbocycles. The minimum absolute atomic E-state index is 0.164. The normalized spacial score (nSPS) is 19.8. The molecule has 2 amide bonds. The molecule has 1 aliphatic carbocycles. The summed E-state index contributed by atoms with van der Waals surface area (Å²) < 4.78 is 28.3. The van der Waals surface area contributed by atoms with Gasteiger partial charge in [-0.25, -0.2) is 13.2 Å². The number of carbonyl (C=O) groups excluding carboxylic acids is 1. The number of benzene rings is 1. The third-order valence-electron chi connectivity index (χ3n) is 5.99. The molecule has 7 nitrogen and oxygen atoms in total. The van der Waals surface area contributed by atoms with Crippen molar-refractivity contribution in [2.75, 3.05) is 19.6 Å². The van der Waals surface area contributed by atoms with Gasteiger partial charge in [0.25, 0.3) is 0 Å². The van der Waals surface area contributed by atoms with Gasteiger partial charge in [-0.05, 0) is 44.2 Å². The zero-order valence-electron chi connectivity index (χ0n) is 16.7. The lowest BCUT2D eigenvalue weighted by Gasteiger charge is -2.42. The number of urea groups is 1. The van der Waals surface area contributed by atoms with Crippen molar-refractivity contribution in [1.82, 2.24) is 19.9 Å². The highest BCUT2D eigenvalue weighted by atomic mass is 32.2. The molecule has 2 aliphatic rings. The van der Waals surface area contributed by atoms with E-state index in [2.05, 4.69) is 15.6 Å². The second-order valence-corrected chi connectivity index (χ2v) is 10.1. The molecule has 0 bridgehead atoms. The van der Waals surface area contributed by atoms with Gasteiger partial charge in [-0.1, -0.05) is 31.0 Å². The number of amides is 2. The van der Waals surface area contributed by atoms with Crippen molar-refractivity contribution in [2.24, 2.45) is 5.92 Å². The first-order chi connectivity index (χ1) is 13.9. The fourth-order valence-corrected chi connectivity index (χ4v) is 5.89. The average molecular weight is 417 g/mol. The van der Waals surface area contributed by atoms with Gasteiger partial charge in [0.1, 0.15) is 4.90 Å². The van der Waals surface area contributed by atoms with Gasteiger partial charge in [0.15, 0.2) is 0 Å². The van der Waals surface area contributed by atoms with Crippen molar-refractivity contribution in [2.45, 2.75) is 49.5 Å². The number of nitrogens with zero attached hydrogens (tertiary/aromatic N) is 2. The van der Waals surface area contributed by atoms with Crippen LogP contribution in [0.4, 0.5) is 4.79 Å². The molecule has 2 heterocycles. The van der Waals surface area contributed by atoms with Crippen molar-refractivity contribution in [3.63, 3.8) is 0 Å². The first-order valence-electron chi connectivity index (χ1n) is 10.3. The molecule has 4 rings (SSSR count). The maximum atomic E-state index is 13.4. The van der Waals surface area contributed by atoms with E-state index in [1.807, 2.05) is 19.1 Å². The quantitative estimate of drug-likeness (QED) is 0.757. The van der Waals surface area contributed by atoms with E-state index >= 15 is 0 Å². The summed E-state index contributed by atoms with van der Waals surface area (Å²) in [5, 5.41) is 6.78. The molecule has 0 radical (unpaired) electrons. The topological polar surface area (TPSA) is 91.4 Å². The number of fused-ring (bicyclic) bond motifs is 1. The molecule has 1 aliphatic heterocycles. The van der Waals surface area contributed by atoms with Crippen LogP contribution in [0.5, 0.6) is 0 Å². The Morgan fingerprint density at radius 2 is 1.93 bits per heavy atom. The molecule has 2 fully saturated rings. The number of para-hydroxylation sites is 1. The van der Waals surface area contributed by atoms with Gasteiger partial charge in [-0.2, -0.15) is 4.31 Å². The number of hydrogen-bond acceptors (Lipinski definition) is 4. The van der Waals surface area contributed by atoms with E-state index in [1.165, 1.54) is 12.8 Å². The summed E-state index contributed by atoms with van der Waals surface area (Å²) >= 11 is 0. The van der Waals surface area contributed by atoms with Crippen molar-refractivity contribution >= 4 is 27.0 Å². The Morgan fingerprint density at radius 3 is 2.62 bits per heavy atom. The largest absolute Gasteiger partial charge is 0.338 e. The number of rotatable bonds is 6. The Bertz CT molecular complexity index is 991. The first-order valence-corrected chi connectivity index (χ1v) is 11.8. The van der Waals surface area contributed by atoms with E-state index in [0.717, 1.165) is 11.8 Å². The lowest BCUT2D eigenvalue weighted by atomic mass is 9.83. The fraction of sp³-hybridized carbons (Fsp3) is 0.524. The van der Waals surface area contributed by atoms with Crippen LogP contribution in [0.25, 0.3) is 10.9 Å². The maximum Gasteiger partial charge on any atom is 0.315 e. The summed E-state index contributed by atoms with van der Waals surface area (Å²) in [6.07, 6.45) is 6.18. The molecule has 156 valence electrons. The molecule has 1 aromatic heterocycles. The van der Waals surface area contributed by atoms with Gasteiger partial charge in [-0.3, -0.25) is 4.98 Å². The van der Waals surface area contributed by atoms with Crippen LogP contribution in [0.1, 0.15) is 39.0 Å². The molecular weight excluding hydrogens is 388 g/mol. The van der Waals surface area contributed by atoms with E-state index in [-0.39, 0.29) is 16.5 Å². The van der Waals surface area contributed by atoms with Gasteiger partial charge in [0.2, 0.25) is 10.0 Å². The Balaban J connectivity index is 1.54.